The molecule has 0 unspecified atom stereocenters. The molecule has 180 valence electrons. The van der Waals surface area contributed by atoms with Gasteiger partial charge < -0.3 is 25.4 Å². The number of phenols is 1. The van der Waals surface area contributed by atoms with Crippen LogP contribution in [0.15, 0.2) is 66.0 Å². The van der Waals surface area contributed by atoms with Gasteiger partial charge >= 0.3 is 5.69 Å². The maximum atomic E-state index is 14.7. The standard InChI is InChI=1S/C25H23ClFN5O3/c1-30-4-5-32(25(30)35)22-3-2-14(7-20(22)26)18-8-16(27)9-19(24(18)34)15-6-17(11-29-10-15)31-12-21(28)23(33)13-31/h2-11,21,23,33-34H,12-13,28H2,1H3/t21-,23-/m1/s1. The highest BCUT2D eigenvalue weighted by Crippen LogP contribution is 2.41. The van der Waals surface area contributed by atoms with Crippen molar-refractivity contribution in [3.05, 3.63) is 82.5 Å². The molecule has 2 aromatic carbocycles. The highest BCUT2D eigenvalue weighted by Gasteiger charge is 2.29. The number of aryl methyl sites for hydroxylation is 1. The summed E-state index contributed by atoms with van der Waals surface area (Å²) < 4.78 is 17.5. The number of aromatic nitrogens is 3. The van der Waals surface area contributed by atoms with E-state index in [4.69, 9.17) is 17.3 Å². The van der Waals surface area contributed by atoms with Gasteiger partial charge in [-0.25, -0.2) is 9.18 Å². The van der Waals surface area contributed by atoms with Crippen molar-refractivity contribution in [2.75, 3.05) is 18.0 Å². The molecule has 4 aromatic rings. The fourth-order valence-corrected chi connectivity index (χ4v) is 4.60. The SMILES string of the molecule is Cn1ccn(-c2ccc(-c3cc(F)cc(-c4cncc(N5C[C@@H](N)[C@H](O)C5)c4)c3O)cc2Cl)c1=O. The lowest BCUT2D eigenvalue weighted by atomic mass is 9.97. The van der Waals surface area contributed by atoms with E-state index in [1.54, 1.807) is 49.9 Å². The van der Waals surface area contributed by atoms with E-state index in [1.165, 1.54) is 27.5 Å². The second-order valence-corrected chi connectivity index (χ2v) is 9.05. The minimum absolute atomic E-state index is 0.135. The Labute approximate surface area is 205 Å². The van der Waals surface area contributed by atoms with E-state index in [2.05, 4.69) is 4.98 Å². The first-order chi connectivity index (χ1) is 16.7. The zero-order valence-electron chi connectivity index (χ0n) is 18.8. The van der Waals surface area contributed by atoms with Crippen LogP contribution in [0.1, 0.15) is 0 Å². The number of phenolic OH excluding ortho intramolecular Hbond substituents is 1. The number of pyridine rings is 1. The average molecular weight is 496 g/mol. The molecular formula is C25H23ClFN5O3. The third-order valence-corrected chi connectivity index (χ3v) is 6.58. The summed E-state index contributed by atoms with van der Waals surface area (Å²) in [4.78, 5) is 18.4. The van der Waals surface area contributed by atoms with Crippen molar-refractivity contribution in [1.29, 1.82) is 0 Å². The molecule has 0 saturated carbocycles. The molecule has 1 saturated heterocycles. The van der Waals surface area contributed by atoms with Crippen molar-refractivity contribution < 1.29 is 14.6 Å². The number of benzene rings is 2. The van der Waals surface area contributed by atoms with E-state index >= 15 is 0 Å². The van der Waals surface area contributed by atoms with Crippen LogP contribution < -0.4 is 16.3 Å². The maximum absolute atomic E-state index is 14.7. The zero-order chi connectivity index (χ0) is 24.9. The van der Waals surface area contributed by atoms with Crippen molar-refractivity contribution in [2.24, 2.45) is 12.8 Å². The van der Waals surface area contributed by atoms with Crippen LogP contribution in [0.4, 0.5) is 10.1 Å². The second kappa shape index (κ2) is 8.84. The summed E-state index contributed by atoms with van der Waals surface area (Å²) >= 11 is 6.47. The van der Waals surface area contributed by atoms with E-state index in [0.29, 0.717) is 35.6 Å². The number of imidazole rings is 1. The molecule has 1 fully saturated rings. The van der Waals surface area contributed by atoms with Gasteiger partial charge in [-0.05, 0) is 35.9 Å². The van der Waals surface area contributed by atoms with Crippen molar-refractivity contribution in [2.45, 2.75) is 12.1 Å². The second-order valence-electron chi connectivity index (χ2n) is 8.65. The van der Waals surface area contributed by atoms with Crippen LogP contribution in [0.3, 0.4) is 0 Å². The fourth-order valence-electron chi connectivity index (χ4n) is 4.33. The van der Waals surface area contributed by atoms with E-state index in [1.807, 2.05) is 4.90 Å². The summed E-state index contributed by atoms with van der Waals surface area (Å²) in [5, 5.41) is 21.4. The first-order valence-electron chi connectivity index (χ1n) is 10.9. The van der Waals surface area contributed by atoms with Gasteiger partial charge in [0.2, 0.25) is 0 Å². The van der Waals surface area contributed by atoms with Crippen LogP contribution in [0.2, 0.25) is 5.02 Å². The number of nitrogens with two attached hydrogens (primary N) is 1. The normalized spacial score (nSPS) is 17.8. The molecule has 35 heavy (non-hydrogen) atoms. The Bertz CT molecular complexity index is 1470. The number of rotatable bonds is 4. The molecule has 2 aromatic heterocycles. The molecule has 0 amide bonds. The highest BCUT2D eigenvalue weighted by molar-refractivity contribution is 6.32. The number of aromatic hydroxyl groups is 1. The number of hydrogen-bond donors (Lipinski definition) is 3. The minimum atomic E-state index is -0.646. The van der Waals surface area contributed by atoms with Gasteiger partial charge in [0.1, 0.15) is 11.6 Å². The van der Waals surface area contributed by atoms with E-state index < -0.39 is 11.9 Å². The molecular weight excluding hydrogens is 473 g/mol. The number of nitrogens with zero attached hydrogens (tertiary/aromatic N) is 4. The first kappa shape index (κ1) is 23.1. The highest BCUT2D eigenvalue weighted by atomic mass is 35.5. The molecule has 5 rings (SSSR count). The Morgan fingerprint density at radius 1 is 1.09 bits per heavy atom. The van der Waals surface area contributed by atoms with Gasteiger partial charge in [0, 0.05) is 61.5 Å². The molecule has 3 heterocycles. The Morgan fingerprint density at radius 2 is 1.83 bits per heavy atom. The van der Waals surface area contributed by atoms with Crippen LogP contribution in [-0.4, -0.2) is 49.6 Å². The zero-order valence-corrected chi connectivity index (χ0v) is 19.5. The monoisotopic (exact) mass is 495 g/mol. The molecule has 0 radical (unpaired) electrons. The maximum Gasteiger partial charge on any atom is 0.332 e. The molecule has 8 nitrogen and oxygen atoms in total. The van der Waals surface area contributed by atoms with Crippen LogP contribution in [0.5, 0.6) is 5.75 Å². The summed E-state index contributed by atoms with van der Waals surface area (Å²) in [6.07, 6.45) is 5.75. The van der Waals surface area contributed by atoms with Gasteiger partial charge in [0.15, 0.2) is 0 Å². The Morgan fingerprint density at radius 3 is 2.46 bits per heavy atom. The predicted molar refractivity (Wildman–Crippen MR) is 133 cm³/mol. The van der Waals surface area contributed by atoms with Crippen molar-refractivity contribution >= 4 is 17.3 Å². The molecule has 4 N–H and O–H groups in total. The summed E-state index contributed by atoms with van der Waals surface area (Å²) in [5.41, 5.74) is 8.35. The number of β-amino-alcohol motifs (C(OH)–C–C–N with tert-alkyl or cyclic N) is 1. The molecule has 10 heteroatoms. The topological polar surface area (TPSA) is 110 Å². The Kier molecular flexibility index (Phi) is 5.84. The largest absolute Gasteiger partial charge is 0.507 e. The van der Waals surface area contributed by atoms with Crippen LogP contribution in [0.25, 0.3) is 27.9 Å². The quantitative estimate of drug-likeness (QED) is 0.401. The summed E-state index contributed by atoms with van der Waals surface area (Å²) in [5.74, 6) is -0.680. The van der Waals surface area contributed by atoms with E-state index in [9.17, 15) is 19.4 Å². The molecule has 0 spiro atoms. The van der Waals surface area contributed by atoms with Crippen LogP contribution >= 0.6 is 11.6 Å². The fraction of sp³-hybridized carbons (Fsp3) is 0.200. The van der Waals surface area contributed by atoms with Crippen molar-refractivity contribution in [3.8, 4) is 33.7 Å². The average Bonchev–Trinajstić information content (AvgIpc) is 3.35. The number of aliphatic hydroxyl groups is 1. The molecule has 1 aliphatic rings. The third kappa shape index (κ3) is 4.18. The Balaban J connectivity index is 1.54. The van der Waals surface area contributed by atoms with Gasteiger partial charge in [0.25, 0.3) is 0 Å². The lowest BCUT2D eigenvalue weighted by molar-refractivity contribution is 0.180. The molecule has 2 atom stereocenters. The number of anilines is 1. The lowest BCUT2D eigenvalue weighted by Crippen LogP contribution is -2.32. The van der Waals surface area contributed by atoms with E-state index in [0.717, 1.165) is 0 Å². The van der Waals surface area contributed by atoms with Gasteiger partial charge in [-0.15, -0.1) is 0 Å². The van der Waals surface area contributed by atoms with Gasteiger partial charge in [-0.1, -0.05) is 17.7 Å². The number of aliphatic hydroxyl groups excluding tert-OH is 1. The van der Waals surface area contributed by atoms with E-state index in [-0.39, 0.29) is 33.6 Å². The van der Waals surface area contributed by atoms with Gasteiger partial charge in [-0.2, -0.15) is 0 Å². The van der Waals surface area contributed by atoms with Gasteiger partial charge in [-0.3, -0.25) is 9.55 Å². The first-order valence-corrected chi connectivity index (χ1v) is 11.3. The molecule has 0 bridgehead atoms. The van der Waals surface area contributed by atoms with Crippen molar-refractivity contribution in [3.63, 3.8) is 0 Å². The van der Waals surface area contributed by atoms with Crippen LogP contribution in [0, 0.1) is 5.82 Å². The smallest absolute Gasteiger partial charge is 0.332 e. The number of halogens is 2. The molecule has 0 aliphatic carbocycles. The summed E-state index contributed by atoms with van der Waals surface area (Å²) in [7, 11) is 1.64. The number of hydrogen-bond acceptors (Lipinski definition) is 6. The lowest BCUT2D eigenvalue weighted by Gasteiger charge is -2.19. The summed E-state index contributed by atoms with van der Waals surface area (Å²) in [6, 6.07) is 8.76. The molecule has 1 aliphatic heterocycles. The third-order valence-electron chi connectivity index (χ3n) is 6.27. The van der Waals surface area contributed by atoms with Crippen LogP contribution in [-0.2, 0) is 7.05 Å². The minimum Gasteiger partial charge on any atom is -0.507 e. The summed E-state index contributed by atoms with van der Waals surface area (Å²) in [6.45, 7) is 0.823. The van der Waals surface area contributed by atoms with Crippen molar-refractivity contribution in [1.82, 2.24) is 14.1 Å². The van der Waals surface area contributed by atoms with Gasteiger partial charge in [0.05, 0.1) is 28.7 Å². The Hall–Kier alpha value is -3.66. The predicted octanol–water partition coefficient (Wildman–Crippen LogP) is 2.91.